The van der Waals surface area contributed by atoms with Gasteiger partial charge in [-0.3, -0.25) is 4.79 Å². The van der Waals surface area contributed by atoms with Crippen molar-refractivity contribution in [3.8, 4) is 0 Å². The van der Waals surface area contributed by atoms with Crippen LogP contribution < -0.4 is 5.32 Å². The summed E-state index contributed by atoms with van der Waals surface area (Å²) in [6, 6.07) is 8.44. The number of nitrogens with one attached hydrogen (secondary N) is 1. The minimum absolute atomic E-state index is 0.0547. The summed E-state index contributed by atoms with van der Waals surface area (Å²) in [4.78, 5) is 13.5. The Morgan fingerprint density at radius 1 is 1.19 bits per heavy atom. The predicted octanol–water partition coefficient (Wildman–Crippen LogP) is 4.02. The Hall–Kier alpha value is -1.51. The molecule has 3 nitrogen and oxygen atoms in total. The van der Waals surface area contributed by atoms with Crippen LogP contribution >= 0.6 is 0 Å². The Labute approximate surface area is 128 Å². The Balaban J connectivity index is 1.95. The molecule has 2 unspecified atom stereocenters. The van der Waals surface area contributed by atoms with Crippen molar-refractivity contribution in [1.29, 1.82) is 0 Å². The monoisotopic (exact) mass is 288 g/mol. The van der Waals surface area contributed by atoms with Crippen molar-refractivity contribution in [2.45, 2.75) is 45.6 Å². The van der Waals surface area contributed by atoms with E-state index >= 15 is 0 Å². The Kier molecular flexibility index (Phi) is 5.27. The molecule has 0 radical (unpaired) electrons. The molecule has 2 atom stereocenters. The number of nitrogens with zero attached hydrogens (tertiary/aromatic N) is 1. The molecule has 1 aromatic rings. The van der Waals surface area contributed by atoms with Gasteiger partial charge < -0.3 is 10.2 Å². The predicted molar refractivity (Wildman–Crippen MR) is 88.7 cm³/mol. The second kappa shape index (κ2) is 6.97. The Morgan fingerprint density at radius 3 is 2.43 bits per heavy atom. The summed E-state index contributed by atoms with van der Waals surface area (Å²) < 4.78 is 0. The summed E-state index contributed by atoms with van der Waals surface area (Å²) in [5.74, 6) is 1.67. The zero-order valence-electron chi connectivity index (χ0n) is 13.7. The summed E-state index contributed by atoms with van der Waals surface area (Å²) in [5.41, 5.74) is 1.87. The number of amides is 1. The van der Waals surface area contributed by atoms with Crippen LogP contribution in [0.2, 0.25) is 0 Å². The van der Waals surface area contributed by atoms with E-state index in [4.69, 9.17) is 0 Å². The minimum Gasteiger partial charge on any atom is -0.382 e. The van der Waals surface area contributed by atoms with Crippen LogP contribution in [0, 0.1) is 11.8 Å². The Morgan fingerprint density at radius 2 is 1.86 bits per heavy atom. The average Bonchev–Trinajstić information content (AvgIpc) is 2.47. The van der Waals surface area contributed by atoms with Gasteiger partial charge in [-0.15, -0.1) is 0 Å². The van der Waals surface area contributed by atoms with Gasteiger partial charge in [0, 0.05) is 31.4 Å². The lowest BCUT2D eigenvalue weighted by Crippen LogP contribution is -2.29. The standard InChI is InChI=1S/C18H28N2O/c1-13(2)15-6-5-7-17(12-15)19-16-10-8-14(9-11-16)18(21)20(3)4/h8-11,13,15,17,19H,5-7,12H2,1-4H3. The Bertz CT molecular complexity index is 465. The van der Waals surface area contributed by atoms with Crippen LogP contribution in [0.3, 0.4) is 0 Å². The van der Waals surface area contributed by atoms with Crippen LogP contribution in [0.5, 0.6) is 0 Å². The van der Waals surface area contributed by atoms with Gasteiger partial charge in [0.25, 0.3) is 5.91 Å². The summed E-state index contributed by atoms with van der Waals surface area (Å²) in [7, 11) is 3.56. The second-order valence-electron chi connectivity index (χ2n) is 6.79. The van der Waals surface area contributed by atoms with Crippen molar-refractivity contribution in [1.82, 2.24) is 4.90 Å². The van der Waals surface area contributed by atoms with E-state index in [1.54, 1.807) is 19.0 Å². The molecule has 0 saturated heterocycles. The van der Waals surface area contributed by atoms with Crippen LogP contribution in [-0.4, -0.2) is 30.9 Å². The molecule has 1 aliphatic carbocycles. The molecule has 0 aliphatic heterocycles. The molecule has 3 heteroatoms. The highest BCUT2D eigenvalue weighted by Gasteiger charge is 2.23. The van der Waals surface area contributed by atoms with E-state index in [9.17, 15) is 4.79 Å². The first kappa shape index (κ1) is 15.9. The van der Waals surface area contributed by atoms with Crippen LogP contribution in [-0.2, 0) is 0 Å². The minimum atomic E-state index is 0.0547. The van der Waals surface area contributed by atoms with E-state index in [0.29, 0.717) is 6.04 Å². The van der Waals surface area contributed by atoms with Gasteiger partial charge in [-0.05, 0) is 48.9 Å². The molecule has 0 bridgehead atoms. The number of carbonyl (C=O) groups is 1. The molecule has 0 heterocycles. The van der Waals surface area contributed by atoms with Gasteiger partial charge in [-0.25, -0.2) is 0 Å². The van der Waals surface area contributed by atoms with Crippen molar-refractivity contribution in [3.63, 3.8) is 0 Å². The number of hydrogen-bond acceptors (Lipinski definition) is 2. The quantitative estimate of drug-likeness (QED) is 0.907. The van der Waals surface area contributed by atoms with Gasteiger partial charge in [0.1, 0.15) is 0 Å². The van der Waals surface area contributed by atoms with Gasteiger partial charge in [-0.2, -0.15) is 0 Å². The largest absolute Gasteiger partial charge is 0.382 e. The SMILES string of the molecule is CC(C)C1CCCC(Nc2ccc(C(=O)N(C)C)cc2)C1. The molecular formula is C18H28N2O. The molecule has 116 valence electrons. The molecule has 2 rings (SSSR count). The van der Waals surface area contributed by atoms with E-state index in [1.165, 1.54) is 25.7 Å². The van der Waals surface area contributed by atoms with E-state index in [-0.39, 0.29) is 5.91 Å². The first-order valence-electron chi connectivity index (χ1n) is 8.05. The van der Waals surface area contributed by atoms with Crippen LogP contribution in [0.1, 0.15) is 49.9 Å². The highest BCUT2D eigenvalue weighted by atomic mass is 16.2. The first-order valence-corrected chi connectivity index (χ1v) is 8.05. The molecule has 21 heavy (non-hydrogen) atoms. The maximum atomic E-state index is 11.9. The molecule has 1 N–H and O–H groups in total. The number of carbonyl (C=O) groups excluding carboxylic acids is 1. The molecule has 0 spiro atoms. The summed E-state index contributed by atoms with van der Waals surface area (Å²) in [6.45, 7) is 4.66. The molecule has 1 aromatic carbocycles. The number of anilines is 1. The average molecular weight is 288 g/mol. The fourth-order valence-electron chi connectivity index (χ4n) is 3.17. The lowest BCUT2D eigenvalue weighted by atomic mass is 9.79. The van der Waals surface area contributed by atoms with Gasteiger partial charge >= 0.3 is 0 Å². The lowest BCUT2D eigenvalue weighted by molar-refractivity contribution is 0.0827. The van der Waals surface area contributed by atoms with Crippen molar-refractivity contribution < 1.29 is 4.79 Å². The molecule has 1 amide bonds. The topological polar surface area (TPSA) is 32.3 Å². The molecule has 1 saturated carbocycles. The zero-order valence-corrected chi connectivity index (χ0v) is 13.7. The van der Waals surface area contributed by atoms with Crippen molar-refractivity contribution in [2.24, 2.45) is 11.8 Å². The molecule has 1 fully saturated rings. The summed E-state index contributed by atoms with van der Waals surface area (Å²) >= 11 is 0. The fraction of sp³-hybridized carbons (Fsp3) is 0.611. The van der Waals surface area contributed by atoms with Crippen molar-refractivity contribution >= 4 is 11.6 Å². The van der Waals surface area contributed by atoms with E-state index in [0.717, 1.165) is 23.1 Å². The maximum absolute atomic E-state index is 11.9. The van der Waals surface area contributed by atoms with Gasteiger partial charge in [0.15, 0.2) is 0 Å². The molecule has 0 aromatic heterocycles. The van der Waals surface area contributed by atoms with Gasteiger partial charge in [0.05, 0.1) is 0 Å². The zero-order chi connectivity index (χ0) is 15.4. The normalized spacial score (nSPS) is 22.1. The van der Waals surface area contributed by atoms with E-state index in [2.05, 4.69) is 19.2 Å². The first-order chi connectivity index (χ1) is 9.97. The van der Waals surface area contributed by atoms with Crippen molar-refractivity contribution in [2.75, 3.05) is 19.4 Å². The summed E-state index contributed by atoms with van der Waals surface area (Å²) in [6.07, 6.45) is 5.20. The van der Waals surface area contributed by atoms with E-state index in [1.807, 2.05) is 24.3 Å². The third kappa shape index (κ3) is 4.23. The van der Waals surface area contributed by atoms with Gasteiger partial charge in [0.2, 0.25) is 0 Å². The maximum Gasteiger partial charge on any atom is 0.253 e. The van der Waals surface area contributed by atoms with Crippen LogP contribution in [0.4, 0.5) is 5.69 Å². The smallest absolute Gasteiger partial charge is 0.253 e. The third-order valence-electron chi connectivity index (χ3n) is 4.57. The third-order valence-corrected chi connectivity index (χ3v) is 4.57. The number of benzene rings is 1. The lowest BCUT2D eigenvalue weighted by Gasteiger charge is -2.32. The van der Waals surface area contributed by atoms with Crippen molar-refractivity contribution in [3.05, 3.63) is 29.8 Å². The molecule has 1 aliphatic rings. The van der Waals surface area contributed by atoms with E-state index < -0.39 is 0 Å². The fourth-order valence-corrected chi connectivity index (χ4v) is 3.17. The number of hydrogen-bond donors (Lipinski definition) is 1. The highest BCUT2D eigenvalue weighted by Crippen LogP contribution is 2.31. The van der Waals surface area contributed by atoms with Gasteiger partial charge in [-0.1, -0.05) is 26.7 Å². The van der Waals surface area contributed by atoms with Crippen LogP contribution in [0.15, 0.2) is 24.3 Å². The summed E-state index contributed by atoms with van der Waals surface area (Å²) in [5, 5.41) is 3.64. The molecular weight excluding hydrogens is 260 g/mol. The van der Waals surface area contributed by atoms with Crippen LogP contribution in [0.25, 0.3) is 0 Å². The number of rotatable bonds is 4. The highest BCUT2D eigenvalue weighted by molar-refractivity contribution is 5.94. The second-order valence-corrected chi connectivity index (χ2v) is 6.79.